The lowest BCUT2D eigenvalue weighted by molar-refractivity contribution is -0.126. The summed E-state index contributed by atoms with van der Waals surface area (Å²) in [5.41, 5.74) is 7.10. The van der Waals surface area contributed by atoms with Gasteiger partial charge in [-0.3, -0.25) is 13.8 Å². The Morgan fingerprint density at radius 1 is 1.22 bits per heavy atom. The van der Waals surface area contributed by atoms with Crippen LogP contribution in [0.15, 0.2) is 33.7 Å². The number of rotatable bonds is 8. The van der Waals surface area contributed by atoms with Gasteiger partial charge in [-0.25, -0.2) is 0 Å². The summed E-state index contributed by atoms with van der Waals surface area (Å²) in [6.07, 6.45) is 0.0923. The first-order chi connectivity index (χ1) is 11.0. The van der Waals surface area contributed by atoms with Gasteiger partial charge in [-0.1, -0.05) is 0 Å². The van der Waals surface area contributed by atoms with Crippen LogP contribution in [0.3, 0.4) is 0 Å². The molecule has 2 unspecified atom stereocenters. The summed E-state index contributed by atoms with van der Waals surface area (Å²) in [6, 6.07) is 3.20. The van der Waals surface area contributed by atoms with Gasteiger partial charge in [-0.15, -0.1) is 0 Å². The van der Waals surface area contributed by atoms with Crippen molar-refractivity contribution in [3.8, 4) is 0 Å². The van der Waals surface area contributed by atoms with E-state index in [2.05, 4.69) is 5.32 Å². The Labute approximate surface area is 145 Å². The van der Waals surface area contributed by atoms with Crippen LogP contribution in [-0.2, 0) is 20.4 Å². The molecule has 2 aromatic heterocycles. The zero-order valence-corrected chi connectivity index (χ0v) is 15.0. The summed E-state index contributed by atoms with van der Waals surface area (Å²) >= 11 is 3.11. The number of thiophene rings is 2. The van der Waals surface area contributed by atoms with E-state index < -0.39 is 22.7 Å². The highest BCUT2D eigenvalue weighted by molar-refractivity contribution is 7.85. The van der Waals surface area contributed by atoms with Crippen LogP contribution in [0.25, 0.3) is 0 Å². The zero-order chi connectivity index (χ0) is 16.8. The number of carbonyl (C=O) groups excluding carboxylic acids is 2. The molecule has 0 bridgehead atoms. The van der Waals surface area contributed by atoms with E-state index in [9.17, 15) is 13.8 Å². The smallest absolute Gasteiger partial charge is 0.239 e. The lowest BCUT2D eigenvalue weighted by Gasteiger charge is -2.15. The van der Waals surface area contributed by atoms with Crippen molar-refractivity contribution in [2.24, 2.45) is 5.73 Å². The molecule has 8 heteroatoms. The second kappa shape index (κ2) is 8.37. The molecule has 2 amide bonds. The van der Waals surface area contributed by atoms with Gasteiger partial charge in [0.05, 0.1) is 5.25 Å². The number of nitrogens with two attached hydrogens (primary N) is 1. The quantitative estimate of drug-likeness (QED) is 0.745. The van der Waals surface area contributed by atoms with Gasteiger partial charge in [0.1, 0.15) is 6.04 Å². The average Bonchev–Trinajstić information content (AvgIpc) is 3.19. The summed E-state index contributed by atoms with van der Waals surface area (Å²) in [6.45, 7) is 1.52. The molecule has 0 aliphatic carbocycles. The minimum atomic E-state index is -1.23. The standard InChI is InChI=1S/C15H18N2O3S3/c1-10(15(16)19)17-13(18)4-7-23(20)14(11-2-5-21-8-11)12-3-6-22-9-12/h2-3,5-6,8-10,14H,4,7H2,1H3,(H2,16,19)(H,17,18). The van der Waals surface area contributed by atoms with Crippen LogP contribution in [0.5, 0.6) is 0 Å². The molecule has 0 saturated carbocycles. The maximum atomic E-state index is 12.7. The van der Waals surface area contributed by atoms with Gasteiger partial charge in [0.15, 0.2) is 0 Å². The van der Waals surface area contributed by atoms with E-state index in [0.29, 0.717) is 0 Å². The van der Waals surface area contributed by atoms with E-state index in [4.69, 9.17) is 5.73 Å². The molecule has 0 aromatic carbocycles. The van der Waals surface area contributed by atoms with Crippen molar-refractivity contribution in [1.82, 2.24) is 5.32 Å². The number of carbonyl (C=O) groups is 2. The molecule has 2 atom stereocenters. The van der Waals surface area contributed by atoms with Gasteiger partial charge in [-0.2, -0.15) is 22.7 Å². The van der Waals surface area contributed by atoms with Crippen molar-refractivity contribution >= 4 is 45.3 Å². The minimum absolute atomic E-state index is 0.0923. The van der Waals surface area contributed by atoms with Crippen molar-refractivity contribution in [2.75, 3.05) is 5.75 Å². The zero-order valence-electron chi connectivity index (χ0n) is 12.6. The molecule has 0 radical (unpaired) electrons. The van der Waals surface area contributed by atoms with Gasteiger partial charge in [0, 0.05) is 23.0 Å². The predicted molar refractivity (Wildman–Crippen MR) is 94.9 cm³/mol. The van der Waals surface area contributed by atoms with Crippen LogP contribution >= 0.6 is 22.7 Å². The van der Waals surface area contributed by atoms with Crippen LogP contribution in [0, 0.1) is 0 Å². The minimum Gasteiger partial charge on any atom is -0.368 e. The molecule has 2 rings (SSSR count). The van der Waals surface area contributed by atoms with Gasteiger partial charge < -0.3 is 11.1 Å². The molecular formula is C15H18N2O3S3. The Balaban J connectivity index is 2.00. The first kappa shape index (κ1) is 17.8. The Hall–Kier alpha value is -1.51. The maximum Gasteiger partial charge on any atom is 0.239 e. The number of hydrogen-bond acceptors (Lipinski definition) is 5. The van der Waals surface area contributed by atoms with Crippen molar-refractivity contribution in [1.29, 1.82) is 0 Å². The fraction of sp³-hybridized carbons (Fsp3) is 0.333. The fourth-order valence-corrected chi connectivity index (χ4v) is 5.11. The summed E-state index contributed by atoms with van der Waals surface area (Å²) < 4.78 is 12.7. The monoisotopic (exact) mass is 370 g/mol. The van der Waals surface area contributed by atoms with Crippen LogP contribution in [0.1, 0.15) is 29.7 Å². The van der Waals surface area contributed by atoms with E-state index in [1.54, 1.807) is 22.7 Å². The summed E-state index contributed by atoms with van der Waals surface area (Å²) in [7, 11) is -1.23. The summed E-state index contributed by atoms with van der Waals surface area (Å²) in [5, 5.41) is 10.1. The third-order valence-electron chi connectivity index (χ3n) is 3.29. The molecule has 0 spiro atoms. The van der Waals surface area contributed by atoms with Crippen molar-refractivity contribution in [2.45, 2.75) is 24.6 Å². The lowest BCUT2D eigenvalue weighted by atomic mass is 10.1. The Bertz CT molecular complexity index is 634. The van der Waals surface area contributed by atoms with Crippen molar-refractivity contribution in [3.63, 3.8) is 0 Å². The van der Waals surface area contributed by atoms with Crippen molar-refractivity contribution in [3.05, 3.63) is 44.8 Å². The second-order valence-corrected chi connectivity index (χ2v) is 8.22. The summed E-state index contributed by atoms with van der Waals surface area (Å²) in [4.78, 5) is 22.8. The largest absolute Gasteiger partial charge is 0.368 e. The number of nitrogens with one attached hydrogen (secondary N) is 1. The molecule has 0 aliphatic rings. The molecule has 23 heavy (non-hydrogen) atoms. The van der Waals surface area contributed by atoms with Crippen LogP contribution in [-0.4, -0.2) is 27.8 Å². The van der Waals surface area contributed by atoms with Gasteiger partial charge >= 0.3 is 0 Å². The summed E-state index contributed by atoms with van der Waals surface area (Å²) in [5.74, 6) is -0.679. The third kappa shape index (κ3) is 4.98. The van der Waals surface area contributed by atoms with Gasteiger partial charge in [0.25, 0.3) is 0 Å². The fourth-order valence-electron chi connectivity index (χ4n) is 2.04. The molecule has 3 N–H and O–H groups in total. The number of amides is 2. The highest BCUT2D eigenvalue weighted by atomic mass is 32.2. The van der Waals surface area contributed by atoms with Gasteiger partial charge in [-0.05, 0) is 51.7 Å². The van der Waals surface area contributed by atoms with Crippen molar-refractivity contribution < 1.29 is 13.8 Å². The highest BCUT2D eigenvalue weighted by Gasteiger charge is 2.23. The predicted octanol–water partition coefficient (Wildman–Crippen LogP) is 2.03. The molecule has 0 aliphatic heterocycles. The average molecular weight is 371 g/mol. The van der Waals surface area contributed by atoms with Crippen LogP contribution in [0.4, 0.5) is 0 Å². The molecule has 0 fully saturated rings. The number of primary amides is 1. The Morgan fingerprint density at radius 2 is 1.78 bits per heavy atom. The molecule has 0 saturated heterocycles. The maximum absolute atomic E-state index is 12.7. The molecule has 124 valence electrons. The normalized spacial score (nSPS) is 13.7. The highest BCUT2D eigenvalue weighted by Crippen LogP contribution is 2.31. The van der Waals surface area contributed by atoms with E-state index in [0.717, 1.165) is 11.1 Å². The molecule has 5 nitrogen and oxygen atoms in total. The first-order valence-corrected chi connectivity index (χ1v) is 10.3. The molecule has 2 aromatic rings. The Morgan fingerprint density at radius 3 is 2.22 bits per heavy atom. The van der Waals surface area contributed by atoms with Crippen LogP contribution in [0.2, 0.25) is 0 Å². The third-order valence-corrected chi connectivity index (χ3v) is 6.37. The van der Waals surface area contributed by atoms with E-state index in [1.165, 1.54) is 6.92 Å². The number of hydrogen-bond donors (Lipinski definition) is 2. The molecule has 2 heterocycles. The molecular weight excluding hydrogens is 352 g/mol. The second-order valence-electron chi connectivity index (χ2n) is 5.02. The topological polar surface area (TPSA) is 89.3 Å². The SMILES string of the molecule is CC(NC(=O)CCS(=O)C(c1ccsc1)c1ccsc1)C(N)=O. The lowest BCUT2D eigenvalue weighted by Crippen LogP contribution is -2.42. The van der Waals surface area contributed by atoms with E-state index in [1.807, 2.05) is 33.7 Å². The van der Waals surface area contributed by atoms with E-state index >= 15 is 0 Å². The van der Waals surface area contributed by atoms with Gasteiger partial charge in [0.2, 0.25) is 11.8 Å². The Kier molecular flexibility index (Phi) is 6.49. The van der Waals surface area contributed by atoms with E-state index in [-0.39, 0.29) is 23.3 Å². The van der Waals surface area contributed by atoms with Crippen LogP contribution < -0.4 is 11.1 Å². The first-order valence-electron chi connectivity index (χ1n) is 6.99.